The Hall–Kier alpha value is -6.29. The lowest BCUT2D eigenvalue weighted by atomic mass is 9.97. The van der Waals surface area contributed by atoms with Gasteiger partial charge >= 0.3 is 5.97 Å². The quantitative estimate of drug-likeness (QED) is 0.0143. The first-order chi connectivity index (χ1) is 30.1. The van der Waals surface area contributed by atoms with Gasteiger partial charge in [0.2, 0.25) is 59.1 Å². The van der Waals surface area contributed by atoms with Gasteiger partial charge in [0.15, 0.2) is 5.96 Å². The van der Waals surface area contributed by atoms with Crippen LogP contribution in [0.25, 0.3) is 0 Å². The number of thiol groups is 1. The summed E-state index contributed by atoms with van der Waals surface area (Å²) < 4.78 is 0. The van der Waals surface area contributed by atoms with E-state index in [1.165, 1.54) is 0 Å². The number of rotatable bonds is 29. The second kappa shape index (κ2) is 28.4. The molecule has 0 aromatic heterocycles. The van der Waals surface area contributed by atoms with E-state index in [0.29, 0.717) is 19.3 Å². The molecule has 0 bridgehead atoms. The van der Waals surface area contributed by atoms with E-state index in [9.17, 15) is 63.0 Å². The first-order valence-corrected chi connectivity index (χ1v) is 20.9. The van der Waals surface area contributed by atoms with Crippen molar-refractivity contribution in [2.45, 2.75) is 108 Å². The predicted octanol–water partition coefficient (Wildman–Crippen LogP) is -7.79. The number of aliphatic hydroxyl groups is 1. The fourth-order valence-electron chi connectivity index (χ4n) is 6.05. The van der Waals surface area contributed by atoms with Crippen molar-refractivity contribution in [2.75, 3.05) is 38.5 Å². The van der Waals surface area contributed by atoms with Crippen molar-refractivity contribution in [3.63, 3.8) is 0 Å². The van der Waals surface area contributed by atoms with Crippen LogP contribution >= 0.6 is 12.6 Å². The number of hydrogen-bond donors (Lipinski definition) is 15. The number of carbonyl (C=O) groups is 11. The number of aliphatic carboxylic acids is 1. The molecule has 0 saturated carbocycles. The van der Waals surface area contributed by atoms with Crippen molar-refractivity contribution in [3.8, 4) is 0 Å². The van der Waals surface area contributed by atoms with E-state index < -0.39 is 139 Å². The number of aliphatic hydroxyl groups excluding tert-OH is 1. The molecule has 0 aliphatic carbocycles. The van der Waals surface area contributed by atoms with E-state index >= 15 is 0 Å². The number of nitrogens with one attached hydrogen (secondary N) is 7. The lowest BCUT2D eigenvalue weighted by Gasteiger charge is -2.28. The van der Waals surface area contributed by atoms with Crippen molar-refractivity contribution in [3.05, 3.63) is 0 Å². The van der Waals surface area contributed by atoms with Crippen LogP contribution in [0.1, 0.15) is 65.2 Å². The second-order valence-corrected chi connectivity index (χ2v) is 15.2. The summed E-state index contributed by atoms with van der Waals surface area (Å²) >= 11 is 4.10. The monoisotopic (exact) mass is 930 g/mol. The molecule has 1 heterocycles. The molecule has 8 atom stereocenters. The zero-order chi connectivity index (χ0) is 48.7. The van der Waals surface area contributed by atoms with Crippen LogP contribution in [0.2, 0.25) is 0 Å². The van der Waals surface area contributed by atoms with Crippen LogP contribution in [0, 0.1) is 5.92 Å². The molecule has 0 spiro atoms. The van der Waals surface area contributed by atoms with Crippen LogP contribution in [-0.4, -0.2) is 167 Å². The first kappa shape index (κ1) is 55.7. The van der Waals surface area contributed by atoms with Gasteiger partial charge in [-0.25, -0.2) is 0 Å². The van der Waals surface area contributed by atoms with Gasteiger partial charge in [0.05, 0.1) is 32.2 Å². The maximum absolute atomic E-state index is 13.5. The van der Waals surface area contributed by atoms with Gasteiger partial charge in [-0.3, -0.25) is 57.7 Å². The van der Waals surface area contributed by atoms with E-state index in [-0.39, 0.29) is 50.5 Å². The van der Waals surface area contributed by atoms with Crippen LogP contribution in [0.5, 0.6) is 0 Å². The number of amides is 10. The van der Waals surface area contributed by atoms with Gasteiger partial charge in [-0.1, -0.05) is 20.3 Å². The van der Waals surface area contributed by atoms with E-state index in [1.807, 2.05) is 0 Å². The molecule has 0 aromatic carbocycles. The van der Waals surface area contributed by atoms with E-state index in [0.717, 1.165) is 4.90 Å². The van der Waals surface area contributed by atoms with Gasteiger partial charge in [-0.05, 0) is 38.0 Å². The highest BCUT2D eigenvalue weighted by Gasteiger charge is 2.39. The van der Waals surface area contributed by atoms with E-state index in [2.05, 4.69) is 54.8 Å². The van der Waals surface area contributed by atoms with Gasteiger partial charge < -0.3 is 81.0 Å². The third-order valence-corrected chi connectivity index (χ3v) is 10.1. The SMILES string of the molecule is CC[C@H](C)[C@H](NC(=O)[C@H](CS)NC(=O)[C@H](CO)NC(=O)CNC(=O)[C@@H]1CCCN1C(=O)[C@H](CC(=O)O)NC(=O)CNC(=O)[C@@H](N)CCCN=C(N)N)C(=O)N[C@@H](CCC(N)=O)C(N)=O. The van der Waals surface area contributed by atoms with Crippen LogP contribution in [0.15, 0.2) is 4.99 Å². The maximum Gasteiger partial charge on any atom is 0.305 e. The number of primary amides is 2. The molecule has 10 amide bonds. The zero-order valence-corrected chi connectivity index (χ0v) is 36.5. The molecular weight excluding hydrogens is 869 g/mol. The summed E-state index contributed by atoms with van der Waals surface area (Å²) in [5.41, 5.74) is 26.8. The largest absolute Gasteiger partial charge is 0.481 e. The molecule has 1 fully saturated rings. The molecule has 1 rings (SSSR count). The molecule has 1 aliphatic heterocycles. The number of nitrogens with zero attached hydrogens (tertiary/aromatic N) is 2. The van der Waals surface area contributed by atoms with E-state index in [4.69, 9.17) is 28.7 Å². The van der Waals surface area contributed by atoms with Crippen LogP contribution in [0.4, 0.5) is 0 Å². The van der Waals surface area contributed by atoms with Crippen molar-refractivity contribution >= 4 is 83.6 Å². The molecule has 19 N–H and O–H groups in total. The third kappa shape index (κ3) is 19.8. The minimum atomic E-state index is -1.66. The number of guanidine groups is 1. The van der Waals surface area contributed by atoms with E-state index in [1.54, 1.807) is 13.8 Å². The number of carbonyl (C=O) groups excluding carboxylic acids is 10. The number of likely N-dealkylation sites (tertiary alicyclic amines) is 1. The van der Waals surface area contributed by atoms with Gasteiger partial charge in [0, 0.05) is 25.3 Å². The van der Waals surface area contributed by atoms with Crippen molar-refractivity contribution in [2.24, 2.45) is 39.6 Å². The summed E-state index contributed by atoms with van der Waals surface area (Å²) in [6.07, 6.45) is -0.0205. The molecule has 0 aromatic rings. The summed E-state index contributed by atoms with van der Waals surface area (Å²) in [6, 6.07) is -9.47. The molecular formula is C36H62N14O13S. The molecule has 1 saturated heterocycles. The number of carboxylic acid groups (broad SMARTS) is 1. The summed E-state index contributed by atoms with van der Waals surface area (Å²) in [5.74, 6) is -11.2. The molecule has 64 heavy (non-hydrogen) atoms. The Bertz CT molecular complexity index is 1730. The van der Waals surface area contributed by atoms with Gasteiger partial charge in [-0.2, -0.15) is 12.6 Å². The smallest absolute Gasteiger partial charge is 0.305 e. The fourth-order valence-corrected chi connectivity index (χ4v) is 6.31. The van der Waals surface area contributed by atoms with Crippen LogP contribution < -0.4 is 65.9 Å². The summed E-state index contributed by atoms with van der Waals surface area (Å²) in [7, 11) is 0. The standard InChI is InChI=1S/C36H62N14O13S/c1-3-17(2)28(34(62)47-19(29(39)57)8-9-24(38)52)49-32(60)22(16-64)48-31(59)21(15-51)46-26(54)14-44-33(61)23-7-5-11-50(23)35(63)20(12-27(55)56)45-25(53)13-43-30(58)18(37)6-4-10-42-36(40)41/h17-23,28,51,64H,3-16,37H2,1-2H3,(H2,38,52)(H2,39,57)(H,43,58)(H,44,61)(H,45,53)(H,46,54)(H,47,62)(H,48,59)(H,49,60)(H,55,56)(H4,40,41,42)/t17-,18-,19-,20-,21-,22-,23-,28-/m0/s1. The molecule has 1 aliphatic rings. The van der Waals surface area contributed by atoms with Crippen LogP contribution in [-0.2, 0) is 52.7 Å². The Morgan fingerprint density at radius 2 is 1.38 bits per heavy atom. The van der Waals surface area contributed by atoms with Crippen molar-refractivity contribution in [1.29, 1.82) is 0 Å². The summed E-state index contributed by atoms with van der Waals surface area (Å²) in [6.45, 7) is 1.17. The Morgan fingerprint density at radius 1 is 0.781 bits per heavy atom. The second-order valence-electron chi connectivity index (χ2n) is 14.8. The fraction of sp³-hybridized carbons (Fsp3) is 0.667. The lowest BCUT2D eigenvalue weighted by molar-refractivity contribution is -0.146. The number of nitrogens with two attached hydrogens (primary N) is 5. The highest BCUT2D eigenvalue weighted by Crippen LogP contribution is 2.19. The average molecular weight is 931 g/mol. The first-order valence-electron chi connectivity index (χ1n) is 20.2. The van der Waals surface area contributed by atoms with Gasteiger partial charge in [0.25, 0.3) is 0 Å². The Kier molecular flexibility index (Phi) is 24.7. The Labute approximate surface area is 373 Å². The third-order valence-electron chi connectivity index (χ3n) is 9.78. The minimum absolute atomic E-state index is 0.0131. The van der Waals surface area contributed by atoms with Crippen molar-refractivity contribution < 1.29 is 63.0 Å². The number of hydrogen-bond acceptors (Lipinski definition) is 15. The number of aliphatic imine (C=N–C) groups is 1. The number of carboxylic acids is 1. The average Bonchev–Trinajstić information content (AvgIpc) is 3.73. The molecule has 360 valence electrons. The Balaban J connectivity index is 2.87. The molecule has 0 unspecified atom stereocenters. The summed E-state index contributed by atoms with van der Waals surface area (Å²) in [4.78, 5) is 143. The zero-order valence-electron chi connectivity index (χ0n) is 35.6. The van der Waals surface area contributed by atoms with Gasteiger partial charge in [-0.15, -0.1) is 0 Å². The highest BCUT2D eigenvalue weighted by molar-refractivity contribution is 7.80. The Morgan fingerprint density at radius 3 is 1.92 bits per heavy atom. The minimum Gasteiger partial charge on any atom is -0.481 e. The predicted molar refractivity (Wildman–Crippen MR) is 229 cm³/mol. The topological polar surface area (TPSA) is 458 Å². The molecule has 0 radical (unpaired) electrons. The molecule has 28 heteroatoms. The highest BCUT2D eigenvalue weighted by atomic mass is 32.1. The summed E-state index contributed by atoms with van der Waals surface area (Å²) in [5, 5.41) is 35.6. The lowest BCUT2D eigenvalue weighted by Crippen LogP contribution is -2.60. The maximum atomic E-state index is 13.5. The van der Waals surface area contributed by atoms with Gasteiger partial charge in [0.1, 0.15) is 36.3 Å². The molecule has 27 nitrogen and oxygen atoms in total. The van der Waals surface area contributed by atoms with Crippen LogP contribution in [0.3, 0.4) is 0 Å². The van der Waals surface area contributed by atoms with Crippen molar-refractivity contribution in [1.82, 2.24) is 42.1 Å². The normalized spacial score (nSPS) is 16.5.